The number of nitrogens with one attached hydrogen (secondary N) is 1. The zero-order chi connectivity index (χ0) is 23.9. The number of hydrogen-bond acceptors (Lipinski definition) is 8. The summed E-state index contributed by atoms with van der Waals surface area (Å²) < 4.78 is 21.2. The van der Waals surface area contributed by atoms with Gasteiger partial charge < -0.3 is 24.3 Å². The largest absolute Gasteiger partial charge is 0.493 e. The van der Waals surface area contributed by atoms with Gasteiger partial charge in [0.05, 0.1) is 36.5 Å². The highest BCUT2D eigenvalue weighted by atomic mass is 35.5. The van der Waals surface area contributed by atoms with Crippen LogP contribution in [0.1, 0.15) is 10.4 Å². The van der Waals surface area contributed by atoms with Gasteiger partial charge in [-0.15, -0.1) is 0 Å². The summed E-state index contributed by atoms with van der Waals surface area (Å²) in [6.45, 7) is 7.19. The Balaban J connectivity index is 2.31. The Morgan fingerprint density at radius 1 is 1.12 bits per heavy atom. The number of nitro benzene ring substituents is 1. The van der Waals surface area contributed by atoms with Crippen LogP contribution < -0.4 is 14.8 Å². The van der Waals surface area contributed by atoms with Crippen molar-refractivity contribution in [3.63, 3.8) is 0 Å². The molecule has 1 N–H and O–H groups in total. The Morgan fingerprint density at radius 3 is 2.44 bits per heavy atom. The van der Waals surface area contributed by atoms with Gasteiger partial charge in [0.1, 0.15) is 5.69 Å². The number of methoxy groups -OCH3 is 2. The molecule has 0 saturated carbocycles. The molecule has 9 nitrogen and oxygen atoms in total. The van der Waals surface area contributed by atoms with Crippen LogP contribution in [0, 0.1) is 10.1 Å². The predicted molar refractivity (Wildman–Crippen MR) is 125 cm³/mol. The Bertz CT molecular complexity index is 979. The van der Waals surface area contributed by atoms with Gasteiger partial charge in [0.15, 0.2) is 18.3 Å². The standard InChI is InChI=1S/C21H27ClN2O7Si/c1-28-19-11-17(23-16-10-14(22)6-7-15(16)21(25)29-2)18(24(26)27)12-20(19)31-13-30-8-9-32(3,4)5/h6-7,10-12,23H,8-9,13H2,1-5H3. The van der Waals surface area contributed by atoms with E-state index < -0.39 is 19.0 Å². The van der Waals surface area contributed by atoms with Crippen molar-refractivity contribution in [2.24, 2.45) is 0 Å². The molecule has 0 bridgehead atoms. The van der Waals surface area contributed by atoms with Gasteiger partial charge in [0, 0.05) is 25.8 Å². The minimum atomic E-state index is -1.24. The van der Waals surface area contributed by atoms with E-state index in [2.05, 4.69) is 25.0 Å². The smallest absolute Gasteiger partial charge is 0.339 e. The second kappa shape index (κ2) is 11.2. The Morgan fingerprint density at radius 2 is 1.84 bits per heavy atom. The van der Waals surface area contributed by atoms with Crippen LogP contribution in [0.3, 0.4) is 0 Å². The number of ether oxygens (including phenoxy) is 4. The normalized spacial score (nSPS) is 11.1. The van der Waals surface area contributed by atoms with Crippen molar-refractivity contribution in [2.75, 3.05) is 32.9 Å². The Labute approximate surface area is 192 Å². The molecule has 2 aromatic carbocycles. The molecule has 0 aromatic heterocycles. The summed E-state index contributed by atoms with van der Waals surface area (Å²) in [6, 6.07) is 8.09. The fourth-order valence-corrected chi connectivity index (χ4v) is 3.60. The Kier molecular flexibility index (Phi) is 8.87. The van der Waals surface area contributed by atoms with Crippen molar-refractivity contribution in [1.82, 2.24) is 0 Å². The van der Waals surface area contributed by atoms with Crippen molar-refractivity contribution in [3.8, 4) is 11.5 Å². The molecule has 0 aliphatic rings. The summed E-state index contributed by atoms with van der Waals surface area (Å²) in [4.78, 5) is 23.2. The number of carbonyl (C=O) groups is 1. The number of nitrogens with zero attached hydrogens (tertiary/aromatic N) is 1. The Hall–Kier alpha value is -2.82. The molecule has 0 spiro atoms. The molecule has 32 heavy (non-hydrogen) atoms. The molecule has 0 unspecified atom stereocenters. The van der Waals surface area contributed by atoms with Gasteiger partial charge in [-0.1, -0.05) is 31.2 Å². The minimum Gasteiger partial charge on any atom is -0.493 e. The van der Waals surface area contributed by atoms with Gasteiger partial charge in [-0.2, -0.15) is 0 Å². The van der Waals surface area contributed by atoms with Crippen molar-refractivity contribution < 1.29 is 28.7 Å². The lowest BCUT2D eigenvalue weighted by molar-refractivity contribution is -0.384. The monoisotopic (exact) mass is 482 g/mol. The van der Waals surface area contributed by atoms with E-state index in [1.54, 1.807) is 0 Å². The van der Waals surface area contributed by atoms with Crippen LogP contribution in [-0.4, -0.2) is 46.6 Å². The minimum absolute atomic E-state index is 0.0639. The molecule has 2 rings (SSSR count). The molecular weight excluding hydrogens is 456 g/mol. The topological polar surface area (TPSA) is 109 Å². The first-order valence-corrected chi connectivity index (χ1v) is 13.9. The van der Waals surface area contributed by atoms with Gasteiger partial charge in [-0.25, -0.2) is 4.79 Å². The summed E-state index contributed by atoms with van der Waals surface area (Å²) in [6.07, 6.45) is 0. The molecule has 0 aliphatic heterocycles. The van der Waals surface area contributed by atoms with Crippen molar-refractivity contribution in [1.29, 1.82) is 0 Å². The average molecular weight is 483 g/mol. The predicted octanol–water partition coefficient (Wildman–Crippen LogP) is 5.48. The zero-order valence-electron chi connectivity index (χ0n) is 18.7. The van der Waals surface area contributed by atoms with E-state index >= 15 is 0 Å². The van der Waals surface area contributed by atoms with Crippen molar-refractivity contribution in [3.05, 3.63) is 51.0 Å². The second-order valence-corrected chi connectivity index (χ2v) is 14.1. The van der Waals surface area contributed by atoms with E-state index in [1.807, 2.05) is 0 Å². The fourth-order valence-electron chi connectivity index (χ4n) is 2.67. The van der Waals surface area contributed by atoms with Crippen LogP contribution in [-0.2, 0) is 9.47 Å². The summed E-state index contributed by atoms with van der Waals surface area (Å²) in [7, 11) is 1.42. The van der Waals surface area contributed by atoms with E-state index in [-0.39, 0.29) is 40.9 Å². The number of nitro groups is 1. The van der Waals surface area contributed by atoms with Gasteiger partial charge >= 0.3 is 5.97 Å². The first kappa shape index (κ1) is 25.4. The first-order valence-electron chi connectivity index (χ1n) is 9.77. The van der Waals surface area contributed by atoms with Crippen LogP contribution in [0.4, 0.5) is 17.1 Å². The molecule has 2 aromatic rings. The number of carbonyl (C=O) groups excluding carboxylic acids is 1. The van der Waals surface area contributed by atoms with E-state index in [4.69, 9.17) is 30.5 Å². The summed E-state index contributed by atoms with van der Waals surface area (Å²) >= 11 is 6.05. The van der Waals surface area contributed by atoms with Crippen LogP contribution in [0.2, 0.25) is 30.7 Å². The zero-order valence-corrected chi connectivity index (χ0v) is 20.4. The first-order chi connectivity index (χ1) is 15.1. The lowest BCUT2D eigenvalue weighted by Gasteiger charge is -2.17. The van der Waals surface area contributed by atoms with Gasteiger partial charge in [-0.3, -0.25) is 10.1 Å². The van der Waals surface area contributed by atoms with E-state index in [1.165, 1.54) is 44.6 Å². The highest BCUT2D eigenvalue weighted by Crippen LogP contribution is 2.40. The number of hydrogen-bond donors (Lipinski definition) is 1. The molecule has 0 fully saturated rings. The SMILES string of the molecule is COC(=O)c1ccc(Cl)cc1Nc1cc(OC)c(OCOCC[Si](C)(C)C)cc1[N+](=O)[O-]. The maximum Gasteiger partial charge on any atom is 0.339 e. The lowest BCUT2D eigenvalue weighted by Crippen LogP contribution is -2.22. The number of esters is 1. The molecule has 0 radical (unpaired) electrons. The van der Waals surface area contributed by atoms with Gasteiger partial charge in [0.25, 0.3) is 5.69 Å². The third-order valence-electron chi connectivity index (χ3n) is 4.43. The average Bonchev–Trinajstić information content (AvgIpc) is 2.72. The quantitative estimate of drug-likeness (QED) is 0.112. The lowest BCUT2D eigenvalue weighted by atomic mass is 10.1. The van der Waals surface area contributed by atoms with Crippen LogP contribution in [0.15, 0.2) is 30.3 Å². The van der Waals surface area contributed by atoms with E-state index in [0.29, 0.717) is 11.6 Å². The van der Waals surface area contributed by atoms with Crippen molar-refractivity contribution >= 4 is 42.7 Å². The number of halogens is 1. The fraction of sp³-hybridized carbons (Fsp3) is 0.381. The summed E-state index contributed by atoms with van der Waals surface area (Å²) in [5.41, 5.74) is 0.226. The summed E-state index contributed by atoms with van der Waals surface area (Å²) in [5.74, 6) is -0.195. The van der Waals surface area contributed by atoms with Crippen LogP contribution in [0.25, 0.3) is 0 Å². The van der Waals surface area contributed by atoms with E-state index in [0.717, 1.165) is 6.04 Å². The van der Waals surface area contributed by atoms with E-state index in [9.17, 15) is 14.9 Å². The number of anilines is 2. The third-order valence-corrected chi connectivity index (χ3v) is 6.37. The second-order valence-electron chi connectivity index (χ2n) is 8.06. The van der Waals surface area contributed by atoms with Crippen LogP contribution in [0.5, 0.6) is 11.5 Å². The molecule has 0 heterocycles. The molecule has 0 saturated heterocycles. The van der Waals surface area contributed by atoms with Crippen molar-refractivity contribution in [2.45, 2.75) is 25.7 Å². The maximum atomic E-state index is 12.1. The maximum absolute atomic E-state index is 12.1. The van der Waals surface area contributed by atoms with Gasteiger partial charge in [-0.05, 0) is 24.2 Å². The molecule has 0 aliphatic carbocycles. The number of benzene rings is 2. The number of rotatable bonds is 11. The highest BCUT2D eigenvalue weighted by molar-refractivity contribution is 6.76. The third kappa shape index (κ3) is 7.11. The molecule has 0 amide bonds. The van der Waals surface area contributed by atoms with Gasteiger partial charge in [0.2, 0.25) is 0 Å². The highest BCUT2D eigenvalue weighted by Gasteiger charge is 2.22. The molecule has 0 atom stereocenters. The molecule has 174 valence electrons. The van der Waals surface area contributed by atoms with Crippen LogP contribution >= 0.6 is 11.6 Å². The summed E-state index contributed by atoms with van der Waals surface area (Å²) in [5, 5.41) is 14.9. The molecule has 11 heteroatoms. The molecular formula is C21H27ClN2O7Si.